The van der Waals surface area contributed by atoms with Crippen molar-refractivity contribution in [1.29, 1.82) is 0 Å². The molecule has 1 aromatic heterocycles. The first-order chi connectivity index (χ1) is 13.8. The zero-order valence-corrected chi connectivity index (χ0v) is 17.5. The van der Waals surface area contributed by atoms with Crippen molar-refractivity contribution in [2.24, 2.45) is 0 Å². The van der Waals surface area contributed by atoms with Gasteiger partial charge in [0.05, 0.1) is 11.3 Å². The van der Waals surface area contributed by atoms with E-state index in [0.29, 0.717) is 16.1 Å². The summed E-state index contributed by atoms with van der Waals surface area (Å²) in [5.41, 5.74) is 3.49. The Hall–Kier alpha value is -3.06. The number of aromatic nitrogens is 1. The highest BCUT2D eigenvalue weighted by Gasteiger charge is 2.19. The topological polar surface area (TPSA) is 54.3 Å². The summed E-state index contributed by atoms with van der Waals surface area (Å²) in [6.07, 6.45) is 0. The highest BCUT2D eigenvalue weighted by Crippen LogP contribution is 2.30. The molecule has 0 aliphatic rings. The highest BCUT2D eigenvalue weighted by atomic mass is 32.2. The smallest absolute Gasteiger partial charge is 0.286 e. The molecule has 2 amide bonds. The van der Waals surface area contributed by atoms with Gasteiger partial charge >= 0.3 is 0 Å². The molecular formula is C22H22FN3O2S. The van der Waals surface area contributed by atoms with Crippen molar-refractivity contribution in [3.8, 4) is 5.69 Å². The summed E-state index contributed by atoms with van der Waals surface area (Å²) >= 11 is 1.06. The van der Waals surface area contributed by atoms with Crippen molar-refractivity contribution < 1.29 is 14.0 Å². The molecule has 1 heterocycles. The number of aryl methyl sites for hydroxylation is 1. The number of nitrogens with zero attached hydrogens (tertiary/aromatic N) is 2. The first-order valence-electron chi connectivity index (χ1n) is 9.02. The molecule has 1 N–H and O–H groups in total. The van der Waals surface area contributed by atoms with Crippen LogP contribution in [0.1, 0.15) is 21.7 Å². The van der Waals surface area contributed by atoms with Gasteiger partial charge in [-0.1, -0.05) is 12.1 Å². The summed E-state index contributed by atoms with van der Waals surface area (Å²) in [7, 11) is 3.36. The number of amides is 2. The Balaban J connectivity index is 1.89. The van der Waals surface area contributed by atoms with Crippen molar-refractivity contribution >= 4 is 28.6 Å². The van der Waals surface area contributed by atoms with Crippen LogP contribution >= 0.6 is 11.8 Å². The van der Waals surface area contributed by atoms with Crippen LogP contribution in [0, 0.1) is 19.7 Å². The van der Waals surface area contributed by atoms with Gasteiger partial charge in [-0.25, -0.2) is 4.39 Å². The average molecular weight is 412 g/mol. The first-order valence-corrected chi connectivity index (χ1v) is 9.84. The standard InChI is InChI=1S/C22H22FN3O2S/c1-14-13-18(15(2)26(14)17-11-9-16(23)10-12-17)21(27)24-19-7-5-6-8-20(19)29-22(28)25(3)4/h5-13H,1-4H3,(H,24,27). The molecule has 0 bridgehead atoms. The van der Waals surface area contributed by atoms with Crippen molar-refractivity contribution in [3.05, 3.63) is 77.4 Å². The van der Waals surface area contributed by atoms with Crippen LogP contribution < -0.4 is 5.32 Å². The lowest BCUT2D eigenvalue weighted by atomic mass is 10.2. The van der Waals surface area contributed by atoms with Crippen LogP contribution in [0.5, 0.6) is 0 Å². The lowest BCUT2D eigenvalue weighted by Gasteiger charge is -2.13. The van der Waals surface area contributed by atoms with Crippen LogP contribution in [0.4, 0.5) is 14.9 Å². The van der Waals surface area contributed by atoms with Gasteiger partial charge in [-0.05, 0) is 68.1 Å². The summed E-state index contributed by atoms with van der Waals surface area (Å²) in [6.45, 7) is 3.74. The summed E-state index contributed by atoms with van der Waals surface area (Å²) < 4.78 is 15.2. The molecule has 0 atom stereocenters. The summed E-state index contributed by atoms with van der Waals surface area (Å²) in [5, 5.41) is 2.79. The monoisotopic (exact) mass is 411 g/mol. The van der Waals surface area contributed by atoms with Gasteiger partial charge in [-0.15, -0.1) is 0 Å². The molecule has 7 heteroatoms. The van der Waals surface area contributed by atoms with Crippen LogP contribution in [0.25, 0.3) is 5.69 Å². The van der Waals surface area contributed by atoms with Crippen molar-refractivity contribution in [2.75, 3.05) is 19.4 Å². The molecule has 29 heavy (non-hydrogen) atoms. The molecule has 0 saturated heterocycles. The lowest BCUT2D eigenvalue weighted by molar-refractivity contribution is 0.102. The van der Waals surface area contributed by atoms with E-state index in [4.69, 9.17) is 0 Å². The van der Waals surface area contributed by atoms with Crippen molar-refractivity contribution in [1.82, 2.24) is 9.47 Å². The number of anilines is 1. The van der Waals surface area contributed by atoms with Gasteiger partial charge in [0.2, 0.25) is 0 Å². The fraction of sp³-hybridized carbons (Fsp3) is 0.182. The van der Waals surface area contributed by atoms with E-state index in [-0.39, 0.29) is 17.0 Å². The van der Waals surface area contributed by atoms with Gasteiger partial charge in [0.25, 0.3) is 11.1 Å². The van der Waals surface area contributed by atoms with Gasteiger partial charge in [-0.3, -0.25) is 9.59 Å². The SMILES string of the molecule is Cc1cc(C(=O)Nc2ccccc2SC(=O)N(C)C)c(C)n1-c1ccc(F)cc1. The van der Waals surface area contributed by atoms with Crippen LogP contribution in [-0.2, 0) is 0 Å². The number of carbonyl (C=O) groups excluding carboxylic acids is 2. The molecule has 5 nitrogen and oxygen atoms in total. The molecule has 0 unspecified atom stereocenters. The number of thioether (sulfide) groups is 1. The Morgan fingerprint density at radius 2 is 1.69 bits per heavy atom. The molecule has 0 fully saturated rings. The number of halogens is 1. The highest BCUT2D eigenvalue weighted by molar-refractivity contribution is 8.13. The van der Waals surface area contributed by atoms with E-state index in [0.717, 1.165) is 28.8 Å². The number of nitrogens with one attached hydrogen (secondary N) is 1. The molecule has 0 radical (unpaired) electrons. The fourth-order valence-electron chi connectivity index (χ4n) is 3.01. The number of rotatable bonds is 4. The number of carbonyl (C=O) groups is 2. The minimum atomic E-state index is -0.310. The van der Waals surface area contributed by atoms with Crippen molar-refractivity contribution in [3.63, 3.8) is 0 Å². The van der Waals surface area contributed by atoms with Crippen LogP contribution in [0.3, 0.4) is 0 Å². The quantitative estimate of drug-likeness (QED) is 0.596. The molecule has 0 spiro atoms. The van der Waals surface area contributed by atoms with Gasteiger partial charge in [-0.2, -0.15) is 0 Å². The van der Waals surface area contributed by atoms with E-state index in [1.54, 1.807) is 44.4 Å². The van der Waals surface area contributed by atoms with E-state index < -0.39 is 0 Å². The first kappa shape index (κ1) is 20.7. The summed E-state index contributed by atoms with van der Waals surface area (Å²) in [5.74, 6) is -0.577. The Labute approximate surface area is 173 Å². The van der Waals surface area contributed by atoms with Crippen LogP contribution in [-0.4, -0.2) is 34.7 Å². The van der Waals surface area contributed by atoms with Crippen LogP contribution in [0.15, 0.2) is 59.5 Å². The van der Waals surface area contributed by atoms with Crippen LogP contribution in [0.2, 0.25) is 0 Å². The minimum Gasteiger partial charge on any atom is -0.339 e. The molecule has 3 aromatic rings. The normalized spacial score (nSPS) is 10.7. The van der Waals surface area contributed by atoms with E-state index >= 15 is 0 Å². The van der Waals surface area contributed by atoms with E-state index in [2.05, 4.69) is 5.32 Å². The third kappa shape index (κ3) is 4.51. The Morgan fingerprint density at radius 3 is 2.34 bits per heavy atom. The molecule has 150 valence electrons. The zero-order chi connectivity index (χ0) is 21.1. The molecule has 0 aliphatic carbocycles. The Bertz CT molecular complexity index is 1060. The summed E-state index contributed by atoms with van der Waals surface area (Å²) in [4.78, 5) is 27.2. The van der Waals surface area contributed by atoms with Gasteiger partial charge in [0, 0.05) is 36.1 Å². The maximum atomic E-state index is 13.3. The summed E-state index contributed by atoms with van der Waals surface area (Å²) in [6, 6.07) is 15.1. The third-order valence-electron chi connectivity index (χ3n) is 4.46. The van der Waals surface area contributed by atoms with Gasteiger partial charge < -0.3 is 14.8 Å². The van der Waals surface area contributed by atoms with E-state index in [1.807, 2.05) is 30.5 Å². The molecule has 0 aliphatic heterocycles. The maximum absolute atomic E-state index is 13.3. The number of hydrogen-bond acceptors (Lipinski definition) is 3. The Kier molecular flexibility index (Phi) is 6.08. The average Bonchev–Trinajstić information content (AvgIpc) is 2.98. The van der Waals surface area contributed by atoms with E-state index in [9.17, 15) is 14.0 Å². The third-order valence-corrected chi connectivity index (χ3v) is 5.57. The lowest BCUT2D eigenvalue weighted by Crippen LogP contribution is -2.17. The molecule has 3 rings (SSSR count). The van der Waals surface area contributed by atoms with Crippen molar-refractivity contribution in [2.45, 2.75) is 18.7 Å². The number of para-hydroxylation sites is 1. The number of hydrogen-bond donors (Lipinski definition) is 1. The predicted octanol–water partition coefficient (Wildman–Crippen LogP) is 5.26. The minimum absolute atomic E-state index is 0.124. The second-order valence-corrected chi connectivity index (χ2v) is 7.80. The largest absolute Gasteiger partial charge is 0.339 e. The number of benzene rings is 2. The molecule has 0 saturated carbocycles. The van der Waals surface area contributed by atoms with E-state index in [1.165, 1.54) is 17.0 Å². The Morgan fingerprint density at radius 1 is 1.03 bits per heavy atom. The zero-order valence-electron chi connectivity index (χ0n) is 16.7. The second-order valence-electron chi connectivity index (χ2n) is 6.81. The fourth-order valence-corrected chi connectivity index (χ4v) is 3.76. The molecule has 2 aromatic carbocycles. The van der Waals surface area contributed by atoms with Gasteiger partial charge in [0.1, 0.15) is 5.82 Å². The molecular weight excluding hydrogens is 389 g/mol. The maximum Gasteiger partial charge on any atom is 0.286 e. The predicted molar refractivity (Wildman–Crippen MR) is 115 cm³/mol. The van der Waals surface area contributed by atoms with Gasteiger partial charge in [0.15, 0.2) is 0 Å². The second kappa shape index (κ2) is 8.53.